The van der Waals surface area contributed by atoms with E-state index in [1.54, 1.807) is 13.8 Å². The number of hydrogen-bond donors (Lipinski definition) is 0. The SMILES string of the molecule is CC(C)c1cc(OCC(F)(F)F)cc(C(F)F)c1. The highest BCUT2D eigenvalue weighted by Crippen LogP contribution is 2.29. The molecule has 0 bridgehead atoms. The first kappa shape index (κ1) is 14.7. The van der Waals surface area contributed by atoms with Crippen molar-refractivity contribution < 1.29 is 26.7 Å². The summed E-state index contributed by atoms with van der Waals surface area (Å²) in [5.41, 5.74) is 0.184. The molecule has 1 nitrogen and oxygen atoms in total. The van der Waals surface area contributed by atoms with E-state index in [-0.39, 0.29) is 17.2 Å². The zero-order chi connectivity index (χ0) is 13.9. The van der Waals surface area contributed by atoms with Crippen molar-refractivity contribution in [2.75, 3.05) is 6.61 Å². The minimum Gasteiger partial charge on any atom is -0.484 e. The van der Waals surface area contributed by atoms with Gasteiger partial charge in [-0.15, -0.1) is 0 Å². The second-order valence-corrected chi connectivity index (χ2v) is 4.19. The molecule has 0 amide bonds. The highest BCUT2D eigenvalue weighted by Gasteiger charge is 2.28. The van der Waals surface area contributed by atoms with Gasteiger partial charge in [-0.05, 0) is 29.7 Å². The molecule has 0 unspecified atom stereocenters. The number of halogens is 5. The van der Waals surface area contributed by atoms with Gasteiger partial charge in [-0.3, -0.25) is 0 Å². The zero-order valence-electron chi connectivity index (χ0n) is 9.89. The Morgan fingerprint density at radius 3 is 2.06 bits per heavy atom. The molecular formula is C12H13F5O. The predicted octanol–water partition coefficient (Wildman–Crippen LogP) is 4.69. The van der Waals surface area contributed by atoms with Crippen LogP contribution in [0.5, 0.6) is 5.75 Å². The number of benzene rings is 1. The normalized spacial score (nSPS) is 12.3. The summed E-state index contributed by atoms with van der Waals surface area (Å²) in [6, 6.07) is 3.56. The van der Waals surface area contributed by atoms with Crippen LogP contribution >= 0.6 is 0 Å². The Labute approximate surface area is 102 Å². The first-order valence-corrected chi connectivity index (χ1v) is 5.31. The van der Waals surface area contributed by atoms with Crippen LogP contribution < -0.4 is 4.74 Å². The topological polar surface area (TPSA) is 9.23 Å². The van der Waals surface area contributed by atoms with Gasteiger partial charge in [0.25, 0.3) is 6.43 Å². The number of hydrogen-bond acceptors (Lipinski definition) is 1. The van der Waals surface area contributed by atoms with E-state index < -0.39 is 19.2 Å². The van der Waals surface area contributed by atoms with Gasteiger partial charge in [-0.2, -0.15) is 13.2 Å². The summed E-state index contributed by atoms with van der Waals surface area (Å²) in [6.45, 7) is 2.04. The third-order valence-electron chi connectivity index (χ3n) is 2.27. The Kier molecular flexibility index (Phi) is 4.53. The molecule has 1 aromatic rings. The largest absolute Gasteiger partial charge is 0.484 e. The second kappa shape index (κ2) is 5.54. The summed E-state index contributed by atoms with van der Waals surface area (Å²) in [5, 5.41) is 0. The molecule has 6 heteroatoms. The molecule has 0 aliphatic heterocycles. The van der Waals surface area contributed by atoms with Crippen molar-refractivity contribution in [3.8, 4) is 5.75 Å². The lowest BCUT2D eigenvalue weighted by molar-refractivity contribution is -0.153. The molecule has 0 radical (unpaired) electrons. The third-order valence-corrected chi connectivity index (χ3v) is 2.27. The number of rotatable bonds is 4. The maximum atomic E-state index is 12.6. The molecule has 102 valence electrons. The number of ether oxygens (including phenoxy) is 1. The van der Waals surface area contributed by atoms with E-state index in [9.17, 15) is 22.0 Å². The molecule has 0 saturated carbocycles. The second-order valence-electron chi connectivity index (χ2n) is 4.19. The van der Waals surface area contributed by atoms with Gasteiger partial charge in [0.2, 0.25) is 0 Å². The zero-order valence-corrected chi connectivity index (χ0v) is 9.89. The summed E-state index contributed by atoms with van der Waals surface area (Å²) in [4.78, 5) is 0. The van der Waals surface area contributed by atoms with E-state index in [2.05, 4.69) is 4.74 Å². The highest BCUT2D eigenvalue weighted by molar-refractivity contribution is 5.36. The predicted molar refractivity (Wildman–Crippen MR) is 57.0 cm³/mol. The van der Waals surface area contributed by atoms with Crippen LogP contribution in [0.2, 0.25) is 0 Å². The van der Waals surface area contributed by atoms with Gasteiger partial charge in [0.1, 0.15) is 5.75 Å². The van der Waals surface area contributed by atoms with Crippen molar-refractivity contribution >= 4 is 0 Å². The van der Waals surface area contributed by atoms with Crippen LogP contribution in [0, 0.1) is 0 Å². The Morgan fingerprint density at radius 1 is 1.06 bits per heavy atom. The van der Waals surface area contributed by atoms with E-state index in [0.29, 0.717) is 5.56 Å². The molecule has 0 atom stereocenters. The lowest BCUT2D eigenvalue weighted by Crippen LogP contribution is -2.19. The highest BCUT2D eigenvalue weighted by atomic mass is 19.4. The van der Waals surface area contributed by atoms with Gasteiger partial charge in [0, 0.05) is 5.56 Å². The Bertz CT molecular complexity index is 372. The molecule has 0 aliphatic rings. The van der Waals surface area contributed by atoms with Gasteiger partial charge in [0.05, 0.1) is 0 Å². The summed E-state index contributed by atoms with van der Waals surface area (Å²) >= 11 is 0. The molecule has 0 spiro atoms. The van der Waals surface area contributed by atoms with Crippen LogP contribution in [0.4, 0.5) is 22.0 Å². The van der Waals surface area contributed by atoms with E-state index in [0.717, 1.165) is 6.07 Å². The fraction of sp³-hybridized carbons (Fsp3) is 0.500. The molecule has 18 heavy (non-hydrogen) atoms. The Hall–Kier alpha value is -1.33. The monoisotopic (exact) mass is 268 g/mol. The molecule has 0 aromatic heterocycles. The van der Waals surface area contributed by atoms with Gasteiger partial charge in [-0.25, -0.2) is 8.78 Å². The maximum Gasteiger partial charge on any atom is 0.422 e. The first-order chi connectivity index (χ1) is 8.19. The smallest absolute Gasteiger partial charge is 0.422 e. The van der Waals surface area contributed by atoms with Crippen molar-refractivity contribution in [3.05, 3.63) is 29.3 Å². The molecule has 0 heterocycles. The standard InChI is InChI=1S/C12H13F5O/c1-7(2)8-3-9(11(13)14)5-10(4-8)18-6-12(15,16)17/h3-5,7,11H,6H2,1-2H3. The van der Waals surface area contributed by atoms with E-state index >= 15 is 0 Å². The minimum absolute atomic E-state index is 0.0723. The summed E-state index contributed by atoms with van der Waals surface area (Å²) in [6.07, 6.45) is -7.23. The van der Waals surface area contributed by atoms with Crippen LogP contribution in [-0.2, 0) is 0 Å². The lowest BCUT2D eigenvalue weighted by Gasteiger charge is -2.14. The maximum absolute atomic E-state index is 12.6. The van der Waals surface area contributed by atoms with Gasteiger partial charge in [0.15, 0.2) is 6.61 Å². The van der Waals surface area contributed by atoms with Crippen molar-refractivity contribution in [2.45, 2.75) is 32.4 Å². The minimum atomic E-state index is -4.49. The van der Waals surface area contributed by atoms with Crippen molar-refractivity contribution in [2.24, 2.45) is 0 Å². The average Bonchev–Trinajstić information content (AvgIpc) is 2.25. The van der Waals surface area contributed by atoms with Gasteiger partial charge in [-0.1, -0.05) is 13.8 Å². The Balaban J connectivity index is 2.96. The van der Waals surface area contributed by atoms with Crippen LogP contribution in [0.15, 0.2) is 18.2 Å². The first-order valence-electron chi connectivity index (χ1n) is 5.31. The van der Waals surface area contributed by atoms with Gasteiger partial charge >= 0.3 is 6.18 Å². The summed E-state index contributed by atoms with van der Waals surface area (Å²) < 4.78 is 65.6. The fourth-order valence-corrected chi connectivity index (χ4v) is 1.35. The van der Waals surface area contributed by atoms with E-state index in [4.69, 9.17) is 0 Å². The van der Waals surface area contributed by atoms with Crippen LogP contribution in [0.3, 0.4) is 0 Å². The molecule has 0 saturated heterocycles. The lowest BCUT2D eigenvalue weighted by atomic mass is 10.0. The van der Waals surface area contributed by atoms with Crippen LogP contribution in [0.25, 0.3) is 0 Å². The molecule has 0 aliphatic carbocycles. The molecule has 0 fully saturated rings. The molecule has 1 rings (SSSR count). The fourth-order valence-electron chi connectivity index (χ4n) is 1.35. The van der Waals surface area contributed by atoms with Crippen molar-refractivity contribution in [1.29, 1.82) is 0 Å². The number of alkyl halides is 5. The van der Waals surface area contributed by atoms with Crippen molar-refractivity contribution in [1.82, 2.24) is 0 Å². The molecular weight excluding hydrogens is 255 g/mol. The Morgan fingerprint density at radius 2 is 1.61 bits per heavy atom. The van der Waals surface area contributed by atoms with E-state index in [1.807, 2.05) is 0 Å². The van der Waals surface area contributed by atoms with E-state index in [1.165, 1.54) is 12.1 Å². The quantitative estimate of drug-likeness (QED) is 0.720. The molecule has 0 N–H and O–H groups in total. The van der Waals surface area contributed by atoms with Crippen LogP contribution in [-0.4, -0.2) is 12.8 Å². The van der Waals surface area contributed by atoms with Crippen LogP contribution in [0.1, 0.15) is 37.3 Å². The summed E-state index contributed by atoms with van der Waals surface area (Å²) in [7, 11) is 0. The molecule has 1 aromatic carbocycles. The third kappa shape index (κ3) is 4.50. The van der Waals surface area contributed by atoms with Gasteiger partial charge < -0.3 is 4.74 Å². The summed E-state index contributed by atoms with van der Waals surface area (Å²) in [5.74, 6) is -0.259. The average molecular weight is 268 g/mol. The van der Waals surface area contributed by atoms with Crippen molar-refractivity contribution in [3.63, 3.8) is 0 Å².